The topological polar surface area (TPSA) is 87.1 Å². The van der Waals surface area contributed by atoms with E-state index in [1.807, 2.05) is 32.9 Å². The van der Waals surface area contributed by atoms with Crippen molar-refractivity contribution < 1.29 is 24.5 Å². The van der Waals surface area contributed by atoms with E-state index in [2.05, 4.69) is 0 Å². The lowest BCUT2D eigenvalue weighted by Gasteiger charge is -2.26. The van der Waals surface area contributed by atoms with Crippen LogP contribution in [0.5, 0.6) is 11.5 Å². The molecule has 192 valence electrons. The Balaban J connectivity index is 1.82. The number of amides is 1. The number of aliphatic hydroxyl groups is 1. The predicted molar refractivity (Wildman–Crippen MR) is 144 cm³/mol. The molecule has 1 amide bonds. The first kappa shape index (κ1) is 26.3. The van der Waals surface area contributed by atoms with E-state index in [1.54, 1.807) is 49.6 Å². The second-order valence-electron chi connectivity index (χ2n) is 10.1. The lowest BCUT2D eigenvalue weighted by molar-refractivity contribution is -0.139. The standard InChI is InChI=1S/C30H30ClNO5/c1-30(2,3)23-17-20(10-13-24(23)37-4)27(34)25-26(19-6-5-7-22(33)16-19)32(29(36)28(25)35)15-14-18-8-11-21(31)12-9-18/h5-13,16-17,26,33-34H,14-15H2,1-4H3/b27-25-. The number of methoxy groups -OCH3 is 1. The zero-order chi connectivity index (χ0) is 26.9. The Morgan fingerprint density at radius 2 is 1.73 bits per heavy atom. The number of aromatic hydroxyl groups is 1. The first-order valence-electron chi connectivity index (χ1n) is 12.0. The molecule has 0 aliphatic carbocycles. The van der Waals surface area contributed by atoms with Gasteiger partial charge in [0, 0.05) is 22.7 Å². The molecule has 37 heavy (non-hydrogen) atoms. The van der Waals surface area contributed by atoms with Gasteiger partial charge in [-0.05, 0) is 65.4 Å². The molecule has 0 spiro atoms. The van der Waals surface area contributed by atoms with E-state index < -0.39 is 17.7 Å². The number of aliphatic hydroxyl groups excluding tert-OH is 1. The van der Waals surface area contributed by atoms with Gasteiger partial charge in [0.15, 0.2) is 0 Å². The molecule has 0 bridgehead atoms. The van der Waals surface area contributed by atoms with Crippen LogP contribution in [0, 0.1) is 0 Å². The molecule has 1 aliphatic heterocycles. The van der Waals surface area contributed by atoms with Crippen LogP contribution < -0.4 is 4.74 Å². The minimum Gasteiger partial charge on any atom is -0.508 e. The first-order valence-corrected chi connectivity index (χ1v) is 12.4. The number of hydrogen-bond acceptors (Lipinski definition) is 5. The maximum Gasteiger partial charge on any atom is 0.295 e. The van der Waals surface area contributed by atoms with Crippen molar-refractivity contribution in [2.75, 3.05) is 13.7 Å². The maximum atomic E-state index is 13.3. The summed E-state index contributed by atoms with van der Waals surface area (Å²) in [5, 5.41) is 22.2. The third-order valence-corrected chi connectivity index (χ3v) is 6.81. The van der Waals surface area contributed by atoms with Gasteiger partial charge in [0.25, 0.3) is 11.7 Å². The molecule has 0 radical (unpaired) electrons. The molecule has 7 heteroatoms. The number of Topliss-reactive ketones (excluding diaryl/α,β-unsaturated/α-hetero) is 1. The van der Waals surface area contributed by atoms with E-state index in [1.165, 1.54) is 17.0 Å². The van der Waals surface area contributed by atoms with Crippen molar-refractivity contribution in [3.63, 3.8) is 0 Å². The molecule has 0 aromatic heterocycles. The van der Waals surface area contributed by atoms with Crippen LogP contribution in [-0.2, 0) is 21.4 Å². The molecule has 2 N–H and O–H groups in total. The van der Waals surface area contributed by atoms with Crippen LogP contribution in [0.1, 0.15) is 49.1 Å². The van der Waals surface area contributed by atoms with Gasteiger partial charge in [-0.3, -0.25) is 9.59 Å². The van der Waals surface area contributed by atoms with Crippen LogP contribution >= 0.6 is 11.6 Å². The summed E-state index contributed by atoms with van der Waals surface area (Å²) >= 11 is 6.00. The Labute approximate surface area is 221 Å². The Hall–Kier alpha value is -3.77. The third-order valence-electron chi connectivity index (χ3n) is 6.56. The molecule has 1 saturated heterocycles. The number of nitrogens with zero attached hydrogens (tertiary/aromatic N) is 1. The summed E-state index contributed by atoms with van der Waals surface area (Å²) in [6.07, 6.45) is 0.482. The lowest BCUT2D eigenvalue weighted by Crippen LogP contribution is -2.31. The molecule has 3 aromatic carbocycles. The summed E-state index contributed by atoms with van der Waals surface area (Å²) in [4.78, 5) is 28.0. The smallest absolute Gasteiger partial charge is 0.295 e. The molecule has 4 rings (SSSR count). The van der Waals surface area contributed by atoms with Crippen LogP contribution in [0.3, 0.4) is 0 Å². The first-order chi connectivity index (χ1) is 17.5. The van der Waals surface area contributed by atoms with Crippen molar-refractivity contribution in [3.05, 3.63) is 99.6 Å². The monoisotopic (exact) mass is 519 g/mol. The van der Waals surface area contributed by atoms with Gasteiger partial charge in [-0.2, -0.15) is 0 Å². The molecular formula is C30H30ClNO5. The number of carbonyl (C=O) groups is 2. The van der Waals surface area contributed by atoms with Gasteiger partial charge in [0.05, 0.1) is 18.7 Å². The second kappa shape index (κ2) is 10.3. The van der Waals surface area contributed by atoms with E-state index in [0.717, 1.165) is 11.1 Å². The summed E-state index contributed by atoms with van der Waals surface area (Å²) in [6, 6.07) is 18.0. The van der Waals surface area contributed by atoms with Gasteiger partial charge in [-0.1, -0.05) is 56.6 Å². The number of phenols is 1. The number of carbonyl (C=O) groups excluding carboxylic acids is 2. The highest BCUT2D eigenvalue weighted by Crippen LogP contribution is 2.41. The predicted octanol–water partition coefficient (Wildman–Crippen LogP) is 6.02. The zero-order valence-corrected chi connectivity index (χ0v) is 22.0. The van der Waals surface area contributed by atoms with Crippen LogP contribution in [-0.4, -0.2) is 40.5 Å². The fraction of sp³-hybridized carbons (Fsp3) is 0.267. The average Bonchev–Trinajstić information content (AvgIpc) is 3.12. The minimum atomic E-state index is -0.861. The highest BCUT2D eigenvalue weighted by atomic mass is 35.5. The second-order valence-corrected chi connectivity index (χ2v) is 10.6. The molecule has 1 fully saturated rings. The highest BCUT2D eigenvalue weighted by molar-refractivity contribution is 6.46. The van der Waals surface area contributed by atoms with Crippen LogP contribution in [0.2, 0.25) is 5.02 Å². The summed E-state index contributed by atoms with van der Waals surface area (Å²) in [5.74, 6) is -1.07. The van der Waals surface area contributed by atoms with Crippen LogP contribution in [0.25, 0.3) is 5.76 Å². The Morgan fingerprint density at radius 3 is 2.35 bits per heavy atom. The number of ketones is 1. The number of rotatable bonds is 6. The lowest BCUT2D eigenvalue weighted by atomic mass is 9.84. The zero-order valence-electron chi connectivity index (χ0n) is 21.3. The van der Waals surface area contributed by atoms with Gasteiger partial charge < -0.3 is 19.8 Å². The number of hydrogen-bond donors (Lipinski definition) is 2. The Bertz CT molecular complexity index is 1370. The number of halogens is 1. The molecule has 3 aromatic rings. The molecule has 1 atom stereocenters. The fourth-order valence-electron chi connectivity index (χ4n) is 4.65. The van der Waals surface area contributed by atoms with Gasteiger partial charge in [-0.15, -0.1) is 0 Å². The van der Waals surface area contributed by atoms with E-state index in [-0.39, 0.29) is 29.0 Å². The fourth-order valence-corrected chi connectivity index (χ4v) is 4.78. The van der Waals surface area contributed by atoms with Gasteiger partial charge >= 0.3 is 0 Å². The SMILES string of the molecule is COc1ccc(/C(O)=C2/C(=O)C(=O)N(CCc3ccc(Cl)cc3)C2c2cccc(O)c2)cc1C(C)(C)C. The molecule has 1 heterocycles. The summed E-state index contributed by atoms with van der Waals surface area (Å²) < 4.78 is 5.51. The highest BCUT2D eigenvalue weighted by Gasteiger charge is 2.46. The van der Waals surface area contributed by atoms with Gasteiger partial charge in [-0.25, -0.2) is 0 Å². The van der Waals surface area contributed by atoms with E-state index >= 15 is 0 Å². The van der Waals surface area contributed by atoms with Gasteiger partial charge in [0.1, 0.15) is 17.3 Å². The quantitative estimate of drug-likeness (QED) is 0.236. The van der Waals surface area contributed by atoms with E-state index in [4.69, 9.17) is 16.3 Å². The van der Waals surface area contributed by atoms with E-state index in [9.17, 15) is 19.8 Å². The molecular weight excluding hydrogens is 490 g/mol. The number of ether oxygens (including phenoxy) is 1. The van der Waals surface area contributed by atoms with Gasteiger partial charge in [0.2, 0.25) is 0 Å². The maximum absolute atomic E-state index is 13.3. The Morgan fingerprint density at radius 1 is 1.03 bits per heavy atom. The van der Waals surface area contributed by atoms with Crippen molar-refractivity contribution in [1.82, 2.24) is 4.90 Å². The number of phenolic OH excluding ortho intramolecular Hbond substituents is 1. The molecule has 6 nitrogen and oxygen atoms in total. The largest absolute Gasteiger partial charge is 0.508 e. The number of benzene rings is 3. The van der Waals surface area contributed by atoms with Crippen molar-refractivity contribution in [3.8, 4) is 11.5 Å². The minimum absolute atomic E-state index is 0.000236. The molecule has 1 unspecified atom stereocenters. The van der Waals surface area contributed by atoms with Crippen LogP contribution in [0.4, 0.5) is 0 Å². The van der Waals surface area contributed by atoms with Crippen molar-refractivity contribution >= 4 is 29.1 Å². The van der Waals surface area contributed by atoms with Crippen molar-refractivity contribution in [2.24, 2.45) is 0 Å². The Kier molecular flexibility index (Phi) is 7.32. The summed E-state index contributed by atoms with van der Waals surface area (Å²) in [7, 11) is 1.58. The summed E-state index contributed by atoms with van der Waals surface area (Å²) in [5.41, 5.74) is 2.43. The van der Waals surface area contributed by atoms with Crippen molar-refractivity contribution in [2.45, 2.75) is 38.6 Å². The number of likely N-dealkylation sites (tertiary alicyclic amines) is 1. The van der Waals surface area contributed by atoms with Crippen LogP contribution in [0.15, 0.2) is 72.3 Å². The molecule has 0 saturated carbocycles. The third kappa shape index (κ3) is 5.35. The normalized spacial score (nSPS) is 17.3. The molecule has 1 aliphatic rings. The van der Waals surface area contributed by atoms with Crippen molar-refractivity contribution in [1.29, 1.82) is 0 Å². The summed E-state index contributed by atoms with van der Waals surface area (Å²) in [6.45, 7) is 6.31. The average molecular weight is 520 g/mol. The van der Waals surface area contributed by atoms with E-state index in [0.29, 0.717) is 28.3 Å².